The average Bonchev–Trinajstić information content (AvgIpc) is 2.61. The number of carbonyl (C=O) groups is 1. The number of anilines is 1. The Kier molecular flexibility index (Phi) is 7.20. The second-order valence-electron chi connectivity index (χ2n) is 6.05. The number of nitrogens with one attached hydrogen (secondary N) is 2. The summed E-state index contributed by atoms with van der Waals surface area (Å²) in [6.07, 6.45) is 1.01. The Morgan fingerprint density at radius 3 is 2.42 bits per heavy atom. The molecule has 2 aromatic carbocycles. The Labute approximate surface area is 159 Å². The van der Waals surface area contributed by atoms with Crippen LogP contribution in [0, 0.1) is 0 Å². The van der Waals surface area contributed by atoms with E-state index in [4.69, 9.17) is 11.6 Å². The molecule has 0 aliphatic heterocycles. The molecule has 0 bridgehead atoms. The molecule has 0 fully saturated rings. The van der Waals surface area contributed by atoms with Crippen LogP contribution in [0.4, 0.5) is 5.69 Å². The second-order valence-corrected chi connectivity index (χ2v) is 8.25. The van der Waals surface area contributed by atoms with Crippen molar-refractivity contribution in [2.45, 2.75) is 37.5 Å². The molecular weight excluding hydrogens is 372 g/mol. The monoisotopic (exact) mass is 394 g/mol. The summed E-state index contributed by atoms with van der Waals surface area (Å²) in [5, 5.41) is 3.33. The fourth-order valence-electron chi connectivity index (χ4n) is 2.47. The van der Waals surface area contributed by atoms with Gasteiger partial charge in [0.05, 0.1) is 4.90 Å². The highest BCUT2D eigenvalue weighted by molar-refractivity contribution is 7.89. The van der Waals surface area contributed by atoms with E-state index >= 15 is 0 Å². The van der Waals surface area contributed by atoms with Gasteiger partial charge in [0.15, 0.2) is 0 Å². The summed E-state index contributed by atoms with van der Waals surface area (Å²) in [5.41, 5.74) is 1.84. The molecule has 0 spiro atoms. The van der Waals surface area contributed by atoms with Crippen molar-refractivity contribution in [1.29, 1.82) is 0 Å². The van der Waals surface area contributed by atoms with Crippen LogP contribution in [0.2, 0.25) is 5.02 Å². The maximum Gasteiger partial charge on any atom is 0.240 e. The van der Waals surface area contributed by atoms with Crippen molar-refractivity contribution in [3.63, 3.8) is 0 Å². The predicted molar refractivity (Wildman–Crippen MR) is 105 cm³/mol. The number of para-hydroxylation sites is 1. The van der Waals surface area contributed by atoms with Crippen molar-refractivity contribution in [2.24, 2.45) is 0 Å². The van der Waals surface area contributed by atoms with Crippen molar-refractivity contribution in [3.8, 4) is 0 Å². The molecule has 1 amide bonds. The van der Waals surface area contributed by atoms with E-state index in [2.05, 4.69) is 23.9 Å². The van der Waals surface area contributed by atoms with Crippen LogP contribution in [0.1, 0.15) is 38.2 Å². The van der Waals surface area contributed by atoms with Gasteiger partial charge >= 0.3 is 0 Å². The van der Waals surface area contributed by atoms with Gasteiger partial charge in [0, 0.05) is 23.7 Å². The number of sulfonamides is 1. The fraction of sp³-hybridized carbons (Fsp3) is 0.316. The zero-order valence-corrected chi connectivity index (χ0v) is 16.4. The zero-order chi connectivity index (χ0) is 19.2. The normalized spacial score (nSPS) is 12.6. The van der Waals surface area contributed by atoms with Crippen LogP contribution in [-0.4, -0.2) is 20.9 Å². The summed E-state index contributed by atoms with van der Waals surface area (Å²) in [6, 6.07) is 13.5. The van der Waals surface area contributed by atoms with Crippen molar-refractivity contribution >= 4 is 33.2 Å². The number of amides is 1. The van der Waals surface area contributed by atoms with E-state index in [9.17, 15) is 13.2 Å². The van der Waals surface area contributed by atoms with E-state index < -0.39 is 10.0 Å². The molecule has 2 aromatic rings. The number of hydrogen-bond acceptors (Lipinski definition) is 3. The van der Waals surface area contributed by atoms with Crippen LogP contribution >= 0.6 is 11.6 Å². The van der Waals surface area contributed by atoms with Crippen molar-refractivity contribution in [2.75, 3.05) is 11.9 Å². The third-order valence-electron chi connectivity index (χ3n) is 4.15. The molecule has 2 N–H and O–H groups in total. The SMILES string of the molecule is CCC(C)c1ccccc1NC(=O)CCNS(=O)(=O)c1ccc(Cl)cc1. The summed E-state index contributed by atoms with van der Waals surface area (Å²) >= 11 is 5.76. The van der Waals surface area contributed by atoms with E-state index in [-0.39, 0.29) is 23.8 Å². The van der Waals surface area contributed by atoms with Crippen molar-refractivity contribution in [3.05, 3.63) is 59.1 Å². The van der Waals surface area contributed by atoms with E-state index in [1.54, 1.807) is 0 Å². The number of hydrogen-bond donors (Lipinski definition) is 2. The van der Waals surface area contributed by atoms with Gasteiger partial charge in [0.2, 0.25) is 15.9 Å². The average molecular weight is 395 g/mol. The van der Waals surface area contributed by atoms with Gasteiger partial charge in [-0.1, -0.05) is 43.6 Å². The molecule has 0 aromatic heterocycles. The fourth-order valence-corrected chi connectivity index (χ4v) is 3.63. The first-order valence-corrected chi connectivity index (χ1v) is 10.3. The summed E-state index contributed by atoms with van der Waals surface area (Å²) in [4.78, 5) is 12.3. The molecule has 2 rings (SSSR count). The predicted octanol–water partition coefficient (Wildman–Crippen LogP) is 4.16. The van der Waals surface area contributed by atoms with Crippen molar-refractivity contribution in [1.82, 2.24) is 4.72 Å². The highest BCUT2D eigenvalue weighted by atomic mass is 35.5. The lowest BCUT2D eigenvalue weighted by atomic mass is 9.97. The second kappa shape index (κ2) is 9.16. The van der Waals surface area contributed by atoms with E-state index in [0.717, 1.165) is 17.7 Å². The minimum Gasteiger partial charge on any atom is -0.326 e. The Morgan fingerprint density at radius 2 is 1.77 bits per heavy atom. The highest BCUT2D eigenvalue weighted by Gasteiger charge is 2.15. The first-order chi connectivity index (χ1) is 12.3. The smallest absolute Gasteiger partial charge is 0.240 e. The summed E-state index contributed by atoms with van der Waals surface area (Å²) in [7, 11) is -3.66. The molecule has 7 heteroatoms. The van der Waals surface area contributed by atoms with Gasteiger partial charge in [0.1, 0.15) is 0 Å². The molecule has 0 aliphatic rings. The lowest BCUT2D eigenvalue weighted by Crippen LogP contribution is -2.28. The first kappa shape index (κ1) is 20.4. The van der Waals surface area contributed by atoms with Gasteiger partial charge in [-0.3, -0.25) is 4.79 Å². The topological polar surface area (TPSA) is 75.3 Å². The summed E-state index contributed by atoms with van der Waals surface area (Å²) in [6.45, 7) is 4.21. The third kappa shape index (κ3) is 5.56. The van der Waals surface area contributed by atoms with Crippen LogP contribution in [-0.2, 0) is 14.8 Å². The largest absolute Gasteiger partial charge is 0.326 e. The molecule has 1 unspecified atom stereocenters. The third-order valence-corrected chi connectivity index (χ3v) is 5.88. The molecule has 0 heterocycles. The van der Waals surface area contributed by atoms with Crippen LogP contribution in [0.15, 0.2) is 53.4 Å². The maximum absolute atomic E-state index is 12.2. The minimum atomic E-state index is -3.66. The molecule has 0 saturated carbocycles. The molecular formula is C19H23ClN2O3S. The molecule has 0 radical (unpaired) electrons. The van der Waals surface area contributed by atoms with Crippen LogP contribution < -0.4 is 10.0 Å². The molecule has 1 atom stereocenters. The standard InChI is InChI=1S/C19H23ClN2O3S/c1-3-14(2)17-6-4-5-7-18(17)22-19(23)12-13-21-26(24,25)16-10-8-15(20)9-11-16/h4-11,14,21H,3,12-13H2,1-2H3,(H,22,23). The lowest BCUT2D eigenvalue weighted by molar-refractivity contribution is -0.116. The molecule has 0 saturated heterocycles. The van der Waals surface area contributed by atoms with E-state index in [0.29, 0.717) is 10.9 Å². The number of rotatable bonds is 8. The number of benzene rings is 2. The molecule has 5 nitrogen and oxygen atoms in total. The summed E-state index contributed by atoms with van der Waals surface area (Å²) < 4.78 is 26.8. The molecule has 140 valence electrons. The quantitative estimate of drug-likeness (QED) is 0.705. The van der Waals surface area contributed by atoms with Gasteiger partial charge in [-0.15, -0.1) is 0 Å². The van der Waals surface area contributed by atoms with Crippen LogP contribution in [0.5, 0.6) is 0 Å². The van der Waals surface area contributed by atoms with E-state index in [1.807, 2.05) is 24.3 Å². The minimum absolute atomic E-state index is 0.0162. The van der Waals surface area contributed by atoms with Crippen LogP contribution in [0.3, 0.4) is 0 Å². The first-order valence-electron chi connectivity index (χ1n) is 8.47. The Morgan fingerprint density at radius 1 is 1.12 bits per heavy atom. The highest BCUT2D eigenvalue weighted by Crippen LogP contribution is 2.26. The van der Waals surface area contributed by atoms with Crippen LogP contribution in [0.25, 0.3) is 0 Å². The molecule has 26 heavy (non-hydrogen) atoms. The van der Waals surface area contributed by atoms with Crippen molar-refractivity contribution < 1.29 is 13.2 Å². The lowest BCUT2D eigenvalue weighted by Gasteiger charge is -2.15. The summed E-state index contributed by atoms with van der Waals surface area (Å²) in [5.74, 6) is 0.0921. The zero-order valence-electron chi connectivity index (χ0n) is 14.8. The maximum atomic E-state index is 12.2. The Hall–Kier alpha value is -1.89. The van der Waals surface area contributed by atoms with Gasteiger partial charge in [-0.25, -0.2) is 13.1 Å². The van der Waals surface area contributed by atoms with Gasteiger partial charge in [-0.2, -0.15) is 0 Å². The van der Waals surface area contributed by atoms with E-state index in [1.165, 1.54) is 24.3 Å². The Bertz CT molecular complexity index is 851. The van der Waals surface area contributed by atoms with Gasteiger partial charge in [0.25, 0.3) is 0 Å². The van der Waals surface area contributed by atoms with Gasteiger partial charge < -0.3 is 5.32 Å². The Balaban J connectivity index is 1.93. The van der Waals surface area contributed by atoms with Gasteiger partial charge in [-0.05, 0) is 48.2 Å². The number of carbonyl (C=O) groups excluding carboxylic acids is 1. The number of halogens is 1. The molecule has 0 aliphatic carbocycles.